The molecule has 1 atom stereocenters. The van der Waals surface area contributed by atoms with E-state index < -0.39 is 0 Å². The molecule has 1 fully saturated rings. The lowest BCUT2D eigenvalue weighted by molar-refractivity contribution is 0.0914. The van der Waals surface area contributed by atoms with E-state index in [2.05, 4.69) is 37.5 Å². The summed E-state index contributed by atoms with van der Waals surface area (Å²) in [6.45, 7) is 5.15. The number of nitrogens with zero attached hydrogens (tertiary/aromatic N) is 5. The van der Waals surface area contributed by atoms with Gasteiger partial charge in [-0.3, -0.25) is 9.69 Å². The summed E-state index contributed by atoms with van der Waals surface area (Å²) in [4.78, 5) is 18.2. The van der Waals surface area contributed by atoms with Gasteiger partial charge in [-0.15, -0.1) is 5.10 Å². The van der Waals surface area contributed by atoms with Crippen LogP contribution in [0.1, 0.15) is 35.4 Å². The minimum absolute atomic E-state index is 0.0613. The minimum Gasteiger partial charge on any atom is -0.376 e. The Labute approximate surface area is 192 Å². The van der Waals surface area contributed by atoms with E-state index in [0.29, 0.717) is 26.2 Å². The van der Waals surface area contributed by atoms with Crippen molar-refractivity contribution in [2.45, 2.75) is 52.0 Å². The van der Waals surface area contributed by atoms with Crippen LogP contribution in [0.4, 0.5) is 0 Å². The fourth-order valence-electron chi connectivity index (χ4n) is 4.46. The number of fused-ring (bicyclic) bond motifs is 1. The number of nitrogens with one attached hydrogen (secondary N) is 1. The van der Waals surface area contributed by atoms with Crippen LogP contribution in [-0.2, 0) is 30.9 Å². The van der Waals surface area contributed by atoms with E-state index >= 15 is 0 Å². The molecule has 2 aromatic heterocycles. The number of hydrogen-bond acceptors (Lipinski definition) is 6. The number of para-hydroxylation sites is 1. The SMILES string of the molecule is Cc1cccc2cc(CN(Cc3ccccc3)Cc3nnnn3CC3CCCO3)c(=O)[nH]c12. The van der Waals surface area contributed by atoms with Crippen LogP contribution in [-0.4, -0.2) is 42.8 Å². The van der Waals surface area contributed by atoms with Crippen LogP contribution in [0.25, 0.3) is 10.9 Å². The number of aryl methyl sites for hydroxylation is 1. The summed E-state index contributed by atoms with van der Waals surface area (Å²) in [5.41, 5.74) is 3.78. The van der Waals surface area contributed by atoms with E-state index in [1.807, 2.05) is 54.1 Å². The second-order valence-electron chi connectivity index (χ2n) is 8.71. The van der Waals surface area contributed by atoms with Crippen LogP contribution in [0.15, 0.2) is 59.4 Å². The highest BCUT2D eigenvalue weighted by Crippen LogP contribution is 2.18. The Kier molecular flexibility index (Phi) is 6.28. The molecule has 1 saturated heterocycles. The Morgan fingerprint density at radius 1 is 1.12 bits per heavy atom. The second-order valence-corrected chi connectivity index (χ2v) is 8.71. The zero-order chi connectivity index (χ0) is 22.6. The molecule has 0 bridgehead atoms. The molecule has 2 aromatic carbocycles. The van der Waals surface area contributed by atoms with Gasteiger partial charge >= 0.3 is 0 Å². The fourth-order valence-corrected chi connectivity index (χ4v) is 4.46. The molecular formula is C25H28N6O2. The highest BCUT2D eigenvalue weighted by atomic mass is 16.5. The van der Waals surface area contributed by atoms with Crippen LogP contribution in [0, 0.1) is 6.92 Å². The zero-order valence-corrected chi connectivity index (χ0v) is 18.8. The summed E-state index contributed by atoms with van der Waals surface area (Å²) < 4.78 is 7.60. The van der Waals surface area contributed by atoms with Gasteiger partial charge in [0.1, 0.15) is 0 Å². The number of aromatic amines is 1. The molecule has 0 radical (unpaired) electrons. The number of pyridine rings is 1. The summed E-state index contributed by atoms with van der Waals surface area (Å²) in [6, 6.07) is 18.3. The number of rotatable bonds is 8. The number of tetrazole rings is 1. The molecule has 8 heteroatoms. The predicted molar refractivity (Wildman–Crippen MR) is 125 cm³/mol. The van der Waals surface area contributed by atoms with Gasteiger partial charge in [-0.1, -0.05) is 48.5 Å². The van der Waals surface area contributed by atoms with Gasteiger partial charge in [0.05, 0.1) is 24.7 Å². The molecule has 1 aliphatic heterocycles. The highest BCUT2D eigenvalue weighted by molar-refractivity contribution is 5.81. The lowest BCUT2D eigenvalue weighted by Gasteiger charge is -2.22. The monoisotopic (exact) mass is 444 g/mol. The van der Waals surface area contributed by atoms with Crippen molar-refractivity contribution < 1.29 is 4.74 Å². The average Bonchev–Trinajstić information content (AvgIpc) is 3.48. The fraction of sp³-hybridized carbons (Fsp3) is 0.360. The molecule has 0 amide bonds. The second kappa shape index (κ2) is 9.64. The van der Waals surface area contributed by atoms with Crippen molar-refractivity contribution in [1.82, 2.24) is 30.1 Å². The molecule has 3 heterocycles. The molecule has 1 N–H and O–H groups in total. The average molecular weight is 445 g/mol. The number of ether oxygens (including phenoxy) is 1. The molecule has 33 heavy (non-hydrogen) atoms. The number of hydrogen-bond donors (Lipinski definition) is 1. The molecule has 0 saturated carbocycles. The summed E-state index contributed by atoms with van der Waals surface area (Å²) in [5, 5.41) is 13.4. The zero-order valence-electron chi connectivity index (χ0n) is 18.8. The Bertz CT molecular complexity index is 1280. The predicted octanol–water partition coefficient (Wildman–Crippen LogP) is 3.20. The third-order valence-electron chi connectivity index (χ3n) is 6.18. The normalized spacial score (nSPS) is 16.1. The lowest BCUT2D eigenvalue weighted by atomic mass is 10.1. The first-order valence-corrected chi connectivity index (χ1v) is 11.4. The first-order valence-electron chi connectivity index (χ1n) is 11.4. The Morgan fingerprint density at radius 3 is 2.82 bits per heavy atom. The standard InChI is InChI=1S/C25H28N6O2/c1-18-7-5-10-20-13-21(25(32)26-24(18)20)15-30(14-19-8-3-2-4-9-19)17-23-27-28-29-31(23)16-22-11-6-12-33-22/h2-5,7-10,13,22H,6,11-12,14-17H2,1H3,(H,26,32). The van der Waals surface area contributed by atoms with Gasteiger partial charge in [0, 0.05) is 25.3 Å². The molecule has 1 aliphatic rings. The third-order valence-corrected chi connectivity index (χ3v) is 6.18. The van der Waals surface area contributed by atoms with Gasteiger partial charge in [0.25, 0.3) is 5.56 Å². The molecule has 1 unspecified atom stereocenters. The van der Waals surface area contributed by atoms with E-state index in [0.717, 1.165) is 47.3 Å². The van der Waals surface area contributed by atoms with E-state index in [1.54, 1.807) is 0 Å². The maximum atomic E-state index is 12.9. The van der Waals surface area contributed by atoms with E-state index in [9.17, 15) is 4.79 Å². The molecule has 0 aliphatic carbocycles. The number of benzene rings is 2. The molecule has 4 aromatic rings. The smallest absolute Gasteiger partial charge is 0.252 e. The van der Waals surface area contributed by atoms with Crippen molar-refractivity contribution in [2.75, 3.05) is 6.61 Å². The first kappa shape index (κ1) is 21.5. The summed E-state index contributed by atoms with van der Waals surface area (Å²) in [5.74, 6) is 0.773. The maximum Gasteiger partial charge on any atom is 0.252 e. The molecule has 170 valence electrons. The van der Waals surface area contributed by atoms with Gasteiger partial charge in [-0.25, -0.2) is 4.68 Å². The van der Waals surface area contributed by atoms with Crippen molar-refractivity contribution in [3.05, 3.63) is 87.5 Å². The number of H-pyrrole nitrogens is 1. The lowest BCUT2D eigenvalue weighted by Crippen LogP contribution is -2.29. The van der Waals surface area contributed by atoms with Crippen molar-refractivity contribution in [1.29, 1.82) is 0 Å². The Morgan fingerprint density at radius 2 is 2.00 bits per heavy atom. The van der Waals surface area contributed by atoms with Crippen LogP contribution in [0.2, 0.25) is 0 Å². The topological polar surface area (TPSA) is 88.9 Å². The van der Waals surface area contributed by atoms with Gasteiger partial charge in [-0.2, -0.15) is 0 Å². The summed E-state index contributed by atoms with van der Waals surface area (Å²) >= 11 is 0. The third kappa shape index (κ3) is 5.02. The van der Waals surface area contributed by atoms with Gasteiger partial charge < -0.3 is 9.72 Å². The van der Waals surface area contributed by atoms with Gasteiger partial charge in [0.2, 0.25) is 0 Å². The highest BCUT2D eigenvalue weighted by Gasteiger charge is 2.20. The minimum atomic E-state index is -0.0613. The van der Waals surface area contributed by atoms with Gasteiger partial charge in [0.15, 0.2) is 5.82 Å². The maximum absolute atomic E-state index is 12.9. The molecule has 8 nitrogen and oxygen atoms in total. The van der Waals surface area contributed by atoms with E-state index in [1.165, 1.54) is 5.56 Å². The largest absolute Gasteiger partial charge is 0.376 e. The van der Waals surface area contributed by atoms with E-state index in [-0.39, 0.29) is 11.7 Å². The van der Waals surface area contributed by atoms with Crippen molar-refractivity contribution >= 4 is 10.9 Å². The van der Waals surface area contributed by atoms with Gasteiger partial charge in [-0.05, 0) is 52.8 Å². The Hall–Kier alpha value is -3.36. The summed E-state index contributed by atoms with van der Waals surface area (Å²) in [6.07, 6.45) is 2.26. The van der Waals surface area contributed by atoms with E-state index in [4.69, 9.17) is 4.74 Å². The van der Waals surface area contributed by atoms with Crippen LogP contribution in [0.3, 0.4) is 0 Å². The first-order chi connectivity index (χ1) is 16.2. The molecule has 0 spiro atoms. The van der Waals surface area contributed by atoms with Crippen LogP contribution in [0.5, 0.6) is 0 Å². The van der Waals surface area contributed by atoms with Crippen molar-refractivity contribution in [3.63, 3.8) is 0 Å². The Balaban J connectivity index is 1.42. The van der Waals surface area contributed by atoms with Crippen LogP contribution >= 0.6 is 0 Å². The molecular weight excluding hydrogens is 416 g/mol. The quantitative estimate of drug-likeness (QED) is 0.449. The number of aromatic nitrogens is 5. The summed E-state index contributed by atoms with van der Waals surface area (Å²) in [7, 11) is 0. The van der Waals surface area contributed by atoms with Crippen LogP contribution < -0.4 is 5.56 Å². The van der Waals surface area contributed by atoms with Crippen molar-refractivity contribution in [2.24, 2.45) is 0 Å². The van der Waals surface area contributed by atoms with Crippen molar-refractivity contribution in [3.8, 4) is 0 Å². The molecule has 5 rings (SSSR count).